The van der Waals surface area contributed by atoms with Gasteiger partial charge in [-0.3, -0.25) is 13.9 Å². The van der Waals surface area contributed by atoms with Gasteiger partial charge in [-0.1, -0.05) is 67.1 Å². The van der Waals surface area contributed by atoms with Gasteiger partial charge < -0.3 is 10.2 Å². The SMILES string of the molecule is CCc1ccc(N(CC(=O)N(Cc2ccc(C)cc2)[C@H](C)C(=O)NC(C)C)S(=O)(=O)c2ccccc2)cc1. The second kappa shape index (κ2) is 12.7. The van der Waals surface area contributed by atoms with E-state index >= 15 is 0 Å². The highest BCUT2D eigenvalue weighted by molar-refractivity contribution is 7.92. The van der Waals surface area contributed by atoms with Gasteiger partial charge in [-0.2, -0.15) is 0 Å². The summed E-state index contributed by atoms with van der Waals surface area (Å²) in [6.45, 7) is 9.07. The molecule has 0 aromatic heterocycles. The van der Waals surface area contributed by atoms with Crippen LogP contribution >= 0.6 is 0 Å². The van der Waals surface area contributed by atoms with Crippen molar-refractivity contribution in [1.82, 2.24) is 10.2 Å². The zero-order valence-corrected chi connectivity index (χ0v) is 23.5. The maximum Gasteiger partial charge on any atom is 0.264 e. The van der Waals surface area contributed by atoms with Gasteiger partial charge in [0.2, 0.25) is 11.8 Å². The average Bonchev–Trinajstić information content (AvgIpc) is 2.91. The molecule has 1 N–H and O–H groups in total. The predicted molar refractivity (Wildman–Crippen MR) is 151 cm³/mol. The van der Waals surface area contributed by atoms with Gasteiger partial charge in [-0.05, 0) is 69.5 Å². The zero-order chi connectivity index (χ0) is 27.9. The molecule has 1 atom stereocenters. The first-order valence-electron chi connectivity index (χ1n) is 12.8. The van der Waals surface area contributed by atoms with Crippen molar-refractivity contribution in [3.05, 3.63) is 95.6 Å². The van der Waals surface area contributed by atoms with Crippen LogP contribution in [0.5, 0.6) is 0 Å². The summed E-state index contributed by atoms with van der Waals surface area (Å²) in [5.74, 6) is -0.777. The van der Waals surface area contributed by atoms with Crippen LogP contribution in [0.25, 0.3) is 0 Å². The van der Waals surface area contributed by atoms with Gasteiger partial charge in [-0.25, -0.2) is 8.42 Å². The lowest BCUT2D eigenvalue weighted by atomic mass is 10.1. The van der Waals surface area contributed by atoms with Crippen molar-refractivity contribution in [2.24, 2.45) is 0 Å². The van der Waals surface area contributed by atoms with Crippen LogP contribution in [0.2, 0.25) is 0 Å². The van der Waals surface area contributed by atoms with Gasteiger partial charge in [-0.15, -0.1) is 0 Å². The Balaban J connectivity index is 2.01. The van der Waals surface area contributed by atoms with E-state index in [4.69, 9.17) is 0 Å². The summed E-state index contributed by atoms with van der Waals surface area (Å²) in [6, 6.07) is 22.0. The standard InChI is InChI=1S/C30H37N3O4S/c1-6-25-16-18-27(19-17-25)33(38(36,37)28-10-8-7-9-11-28)21-29(34)32(24(5)30(35)31-22(2)3)20-26-14-12-23(4)13-15-26/h7-19,22,24H,6,20-21H2,1-5H3,(H,31,35)/t24-/m1/s1. The quantitative estimate of drug-likeness (QED) is 0.386. The molecule has 0 saturated carbocycles. The third-order valence-electron chi connectivity index (χ3n) is 6.31. The van der Waals surface area contributed by atoms with Gasteiger partial charge in [0.1, 0.15) is 12.6 Å². The van der Waals surface area contributed by atoms with E-state index in [2.05, 4.69) is 5.32 Å². The van der Waals surface area contributed by atoms with Crippen LogP contribution in [0.1, 0.15) is 44.4 Å². The maximum absolute atomic E-state index is 13.9. The number of carbonyl (C=O) groups is 2. The van der Waals surface area contributed by atoms with Crippen molar-refractivity contribution < 1.29 is 18.0 Å². The highest BCUT2D eigenvalue weighted by Gasteiger charge is 2.32. The number of nitrogens with zero attached hydrogens (tertiary/aromatic N) is 2. The first kappa shape index (κ1) is 28.9. The number of hydrogen-bond acceptors (Lipinski definition) is 4. The minimum absolute atomic E-state index is 0.0862. The van der Waals surface area contributed by atoms with E-state index in [0.29, 0.717) is 5.69 Å². The third-order valence-corrected chi connectivity index (χ3v) is 8.10. The molecule has 7 nitrogen and oxygen atoms in total. The number of anilines is 1. The highest BCUT2D eigenvalue weighted by atomic mass is 32.2. The lowest BCUT2D eigenvalue weighted by Crippen LogP contribution is -2.52. The smallest absolute Gasteiger partial charge is 0.264 e. The zero-order valence-electron chi connectivity index (χ0n) is 22.7. The molecular weight excluding hydrogens is 498 g/mol. The number of nitrogens with one attached hydrogen (secondary N) is 1. The number of benzene rings is 3. The summed E-state index contributed by atoms with van der Waals surface area (Å²) in [5.41, 5.74) is 3.36. The molecule has 0 aliphatic heterocycles. The molecule has 3 rings (SSSR count). The first-order chi connectivity index (χ1) is 18.0. The molecule has 3 aromatic carbocycles. The highest BCUT2D eigenvalue weighted by Crippen LogP contribution is 2.25. The number of carbonyl (C=O) groups excluding carboxylic acids is 2. The Labute approximate surface area is 226 Å². The molecule has 2 amide bonds. The topological polar surface area (TPSA) is 86.8 Å². The summed E-state index contributed by atoms with van der Waals surface area (Å²) in [7, 11) is -4.06. The van der Waals surface area contributed by atoms with Crippen LogP contribution < -0.4 is 9.62 Å². The van der Waals surface area contributed by atoms with Crippen LogP contribution in [-0.2, 0) is 32.6 Å². The fraction of sp³-hybridized carbons (Fsp3) is 0.333. The van der Waals surface area contributed by atoms with Crippen molar-refractivity contribution in [2.75, 3.05) is 10.8 Å². The number of hydrogen-bond donors (Lipinski definition) is 1. The van der Waals surface area contributed by atoms with Crippen molar-refractivity contribution in [2.45, 2.75) is 64.6 Å². The van der Waals surface area contributed by atoms with Gasteiger partial charge in [0.15, 0.2) is 0 Å². The fourth-order valence-electron chi connectivity index (χ4n) is 4.02. The van der Waals surface area contributed by atoms with E-state index in [-0.39, 0.29) is 23.4 Å². The molecule has 0 radical (unpaired) electrons. The first-order valence-corrected chi connectivity index (χ1v) is 14.3. The minimum atomic E-state index is -4.06. The molecule has 8 heteroatoms. The van der Waals surface area contributed by atoms with Gasteiger partial charge >= 0.3 is 0 Å². The lowest BCUT2D eigenvalue weighted by molar-refractivity contribution is -0.139. The Morgan fingerprint density at radius 1 is 0.842 bits per heavy atom. The molecule has 0 spiro atoms. The average molecular weight is 536 g/mol. The monoisotopic (exact) mass is 535 g/mol. The van der Waals surface area contributed by atoms with E-state index in [1.54, 1.807) is 37.3 Å². The Morgan fingerprint density at radius 2 is 1.42 bits per heavy atom. The molecular formula is C30H37N3O4S. The van der Waals surface area contributed by atoms with E-state index in [1.165, 1.54) is 17.0 Å². The van der Waals surface area contributed by atoms with Crippen LogP contribution in [0.15, 0.2) is 83.8 Å². The van der Waals surface area contributed by atoms with Crippen molar-refractivity contribution in [3.8, 4) is 0 Å². The molecule has 0 unspecified atom stereocenters. The Kier molecular flexibility index (Phi) is 9.69. The summed E-state index contributed by atoms with van der Waals surface area (Å²) >= 11 is 0. The number of rotatable bonds is 11. The summed E-state index contributed by atoms with van der Waals surface area (Å²) < 4.78 is 28.7. The van der Waals surface area contributed by atoms with E-state index in [0.717, 1.165) is 27.4 Å². The Morgan fingerprint density at radius 3 is 1.97 bits per heavy atom. The molecule has 0 saturated heterocycles. The van der Waals surface area contributed by atoms with E-state index < -0.39 is 28.5 Å². The van der Waals surface area contributed by atoms with Crippen molar-refractivity contribution in [3.63, 3.8) is 0 Å². The second-order valence-corrected chi connectivity index (χ2v) is 11.6. The van der Waals surface area contributed by atoms with Crippen LogP contribution in [0, 0.1) is 6.92 Å². The number of amides is 2. The molecule has 38 heavy (non-hydrogen) atoms. The summed E-state index contributed by atoms with van der Waals surface area (Å²) in [5, 5.41) is 2.86. The summed E-state index contributed by atoms with van der Waals surface area (Å²) in [4.78, 5) is 28.3. The van der Waals surface area contributed by atoms with Gasteiger partial charge in [0.05, 0.1) is 10.6 Å². The number of sulfonamides is 1. The molecule has 0 heterocycles. The molecule has 0 bridgehead atoms. The van der Waals surface area contributed by atoms with Gasteiger partial charge in [0.25, 0.3) is 10.0 Å². The van der Waals surface area contributed by atoms with Crippen LogP contribution in [0.4, 0.5) is 5.69 Å². The van der Waals surface area contributed by atoms with E-state index in [9.17, 15) is 18.0 Å². The molecule has 0 aliphatic carbocycles. The minimum Gasteiger partial charge on any atom is -0.352 e. The molecule has 202 valence electrons. The largest absolute Gasteiger partial charge is 0.352 e. The van der Waals surface area contributed by atoms with E-state index in [1.807, 2.05) is 64.1 Å². The van der Waals surface area contributed by atoms with Crippen molar-refractivity contribution >= 4 is 27.5 Å². The Hall–Kier alpha value is -3.65. The maximum atomic E-state index is 13.9. The normalized spacial score (nSPS) is 12.2. The van der Waals surface area contributed by atoms with Crippen molar-refractivity contribution in [1.29, 1.82) is 0 Å². The second-order valence-electron chi connectivity index (χ2n) is 9.69. The van der Waals surface area contributed by atoms with Gasteiger partial charge in [0, 0.05) is 12.6 Å². The number of aryl methyl sites for hydroxylation is 2. The molecule has 0 aliphatic rings. The lowest BCUT2D eigenvalue weighted by Gasteiger charge is -2.32. The fourth-order valence-corrected chi connectivity index (χ4v) is 5.46. The predicted octanol–water partition coefficient (Wildman–Crippen LogP) is 4.69. The van der Waals surface area contributed by atoms with Crippen LogP contribution in [-0.4, -0.2) is 43.8 Å². The molecule has 3 aromatic rings. The summed E-state index contributed by atoms with van der Waals surface area (Å²) in [6.07, 6.45) is 0.803. The third kappa shape index (κ3) is 7.22. The van der Waals surface area contributed by atoms with Crippen LogP contribution in [0.3, 0.4) is 0 Å². The Bertz CT molecular complexity index is 1320. The molecule has 0 fully saturated rings.